The Labute approximate surface area is 128 Å². The lowest BCUT2D eigenvalue weighted by Gasteiger charge is -2.09. The summed E-state index contributed by atoms with van der Waals surface area (Å²) >= 11 is 1.49. The van der Waals surface area contributed by atoms with Crippen LogP contribution in [0.2, 0.25) is 0 Å². The quantitative estimate of drug-likeness (QED) is 0.920. The average molecular weight is 302 g/mol. The molecule has 1 aromatic heterocycles. The molecule has 110 valence electrons. The van der Waals surface area contributed by atoms with Crippen LogP contribution in [0.5, 0.6) is 5.75 Å². The first-order valence-electron chi connectivity index (χ1n) is 7.15. The van der Waals surface area contributed by atoms with Crippen molar-refractivity contribution in [1.29, 1.82) is 0 Å². The van der Waals surface area contributed by atoms with Gasteiger partial charge in [0, 0.05) is 17.0 Å². The Bertz CT molecular complexity index is 630. The Kier molecular flexibility index (Phi) is 3.92. The Morgan fingerprint density at radius 2 is 2.05 bits per heavy atom. The number of thiazole rings is 1. The van der Waals surface area contributed by atoms with Crippen molar-refractivity contribution in [3.8, 4) is 16.3 Å². The van der Waals surface area contributed by atoms with Crippen molar-refractivity contribution in [1.82, 2.24) is 10.3 Å². The van der Waals surface area contributed by atoms with Crippen molar-refractivity contribution in [2.45, 2.75) is 38.8 Å². The van der Waals surface area contributed by atoms with Gasteiger partial charge < -0.3 is 10.1 Å². The number of ether oxygens (including phenoxy) is 1. The second-order valence-electron chi connectivity index (χ2n) is 5.48. The smallest absolute Gasteiger partial charge is 0.270 e. The zero-order valence-electron chi connectivity index (χ0n) is 12.1. The molecule has 1 saturated carbocycles. The third-order valence-corrected chi connectivity index (χ3v) is 4.01. The van der Waals surface area contributed by atoms with Crippen LogP contribution in [-0.4, -0.2) is 23.0 Å². The normalized spacial score (nSPS) is 14.2. The van der Waals surface area contributed by atoms with Crippen molar-refractivity contribution >= 4 is 17.2 Å². The number of carbonyl (C=O) groups excluding carboxylic acids is 1. The van der Waals surface area contributed by atoms with Crippen LogP contribution in [0.3, 0.4) is 0 Å². The van der Waals surface area contributed by atoms with Crippen molar-refractivity contribution < 1.29 is 9.53 Å². The van der Waals surface area contributed by atoms with E-state index in [1.54, 1.807) is 0 Å². The van der Waals surface area contributed by atoms with Gasteiger partial charge in [0.1, 0.15) is 16.5 Å². The van der Waals surface area contributed by atoms with Crippen molar-refractivity contribution in [3.05, 3.63) is 35.3 Å². The summed E-state index contributed by atoms with van der Waals surface area (Å²) in [4.78, 5) is 16.3. The highest BCUT2D eigenvalue weighted by atomic mass is 32.1. The Hall–Kier alpha value is -1.88. The Balaban J connectivity index is 1.71. The Morgan fingerprint density at radius 3 is 2.67 bits per heavy atom. The van der Waals surface area contributed by atoms with Gasteiger partial charge in [-0.3, -0.25) is 4.79 Å². The molecule has 1 N–H and O–H groups in total. The molecule has 0 atom stereocenters. The minimum absolute atomic E-state index is 0.0697. The molecule has 4 nitrogen and oxygen atoms in total. The molecule has 1 aliphatic carbocycles. The van der Waals surface area contributed by atoms with Gasteiger partial charge in [0.15, 0.2) is 0 Å². The standard InChI is InChI=1S/C16H18N2O2S/c1-10(2)20-13-7-3-11(4-8-13)16-18-14(9-21-16)15(19)17-12-5-6-12/h3-4,7-10,12H,5-6H2,1-2H3,(H,17,19). The maximum atomic E-state index is 11.9. The molecular formula is C16H18N2O2S. The molecule has 1 aliphatic rings. The van der Waals surface area contributed by atoms with Crippen LogP contribution in [0.25, 0.3) is 10.6 Å². The van der Waals surface area contributed by atoms with Crippen LogP contribution in [-0.2, 0) is 0 Å². The van der Waals surface area contributed by atoms with Crippen LogP contribution >= 0.6 is 11.3 Å². The lowest BCUT2D eigenvalue weighted by atomic mass is 10.2. The monoisotopic (exact) mass is 302 g/mol. The average Bonchev–Trinajstić information content (AvgIpc) is 3.12. The third-order valence-electron chi connectivity index (χ3n) is 3.12. The summed E-state index contributed by atoms with van der Waals surface area (Å²) in [7, 11) is 0. The van der Waals surface area contributed by atoms with E-state index < -0.39 is 0 Å². The van der Waals surface area contributed by atoms with E-state index in [0.29, 0.717) is 11.7 Å². The molecule has 0 radical (unpaired) electrons. The van der Waals surface area contributed by atoms with Gasteiger partial charge in [0.2, 0.25) is 0 Å². The number of carbonyl (C=O) groups is 1. The lowest BCUT2D eigenvalue weighted by Crippen LogP contribution is -2.25. The van der Waals surface area contributed by atoms with Gasteiger partial charge in [0.05, 0.1) is 6.10 Å². The first-order valence-corrected chi connectivity index (χ1v) is 8.03. The van der Waals surface area contributed by atoms with E-state index in [1.807, 2.05) is 43.5 Å². The van der Waals surface area contributed by atoms with Gasteiger partial charge in [0.25, 0.3) is 5.91 Å². The number of nitrogens with zero attached hydrogens (tertiary/aromatic N) is 1. The van der Waals surface area contributed by atoms with E-state index in [2.05, 4.69) is 10.3 Å². The van der Waals surface area contributed by atoms with Crippen LogP contribution < -0.4 is 10.1 Å². The maximum Gasteiger partial charge on any atom is 0.270 e. The third kappa shape index (κ3) is 3.61. The highest BCUT2D eigenvalue weighted by Gasteiger charge is 2.24. The first kappa shape index (κ1) is 14.1. The van der Waals surface area contributed by atoms with Gasteiger partial charge in [-0.2, -0.15) is 0 Å². The fourth-order valence-corrected chi connectivity index (χ4v) is 2.75. The fraction of sp³-hybridized carbons (Fsp3) is 0.375. The minimum atomic E-state index is -0.0697. The molecule has 0 spiro atoms. The second kappa shape index (κ2) is 5.85. The number of rotatable bonds is 5. The molecule has 21 heavy (non-hydrogen) atoms. The number of hydrogen-bond donors (Lipinski definition) is 1. The van der Waals surface area contributed by atoms with Crippen LogP contribution in [0.1, 0.15) is 37.2 Å². The SMILES string of the molecule is CC(C)Oc1ccc(-c2nc(C(=O)NC3CC3)cs2)cc1. The van der Waals surface area contributed by atoms with Crippen molar-refractivity contribution in [2.75, 3.05) is 0 Å². The molecule has 1 amide bonds. The van der Waals surface area contributed by atoms with Crippen molar-refractivity contribution in [3.63, 3.8) is 0 Å². The lowest BCUT2D eigenvalue weighted by molar-refractivity contribution is 0.0947. The minimum Gasteiger partial charge on any atom is -0.491 e. The summed E-state index contributed by atoms with van der Waals surface area (Å²) in [6.45, 7) is 4.00. The summed E-state index contributed by atoms with van der Waals surface area (Å²) in [5.74, 6) is 0.775. The molecule has 1 aromatic carbocycles. The van der Waals surface area contributed by atoms with E-state index in [0.717, 1.165) is 29.2 Å². The molecule has 2 aromatic rings. The van der Waals surface area contributed by atoms with Gasteiger partial charge in [-0.15, -0.1) is 11.3 Å². The van der Waals surface area contributed by atoms with Crippen LogP contribution in [0, 0.1) is 0 Å². The topological polar surface area (TPSA) is 51.2 Å². The van der Waals surface area contributed by atoms with Crippen LogP contribution in [0.4, 0.5) is 0 Å². The zero-order chi connectivity index (χ0) is 14.8. The summed E-state index contributed by atoms with van der Waals surface area (Å²) in [5, 5.41) is 5.62. The maximum absolute atomic E-state index is 11.9. The predicted octanol–water partition coefficient (Wildman–Crippen LogP) is 3.49. The van der Waals surface area contributed by atoms with Crippen molar-refractivity contribution in [2.24, 2.45) is 0 Å². The summed E-state index contributed by atoms with van der Waals surface area (Å²) in [5.41, 5.74) is 1.51. The molecule has 0 saturated heterocycles. The molecule has 0 bridgehead atoms. The van der Waals surface area contributed by atoms with Gasteiger partial charge in [-0.1, -0.05) is 0 Å². The van der Waals surface area contributed by atoms with Gasteiger partial charge >= 0.3 is 0 Å². The number of hydrogen-bond acceptors (Lipinski definition) is 4. The summed E-state index contributed by atoms with van der Waals surface area (Å²) in [6, 6.07) is 8.16. The number of aromatic nitrogens is 1. The molecule has 1 fully saturated rings. The number of amides is 1. The summed E-state index contributed by atoms with van der Waals surface area (Å²) < 4.78 is 5.62. The zero-order valence-corrected chi connectivity index (χ0v) is 12.9. The number of benzene rings is 1. The van der Waals surface area contributed by atoms with E-state index in [9.17, 15) is 4.79 Å². The molecule has 5 heteroatoms. The van der Waals surface area contributed by atoms with E-state index in [4.69, 9.17) is 4.74 Å². The highest BCUT2D eigenvalue weighted by Crippen LogP contribution is 2.26. The van der Waals surface area contributed by atoms with Crippen LogP contribution in [0.15, 0.2) is 29.6 Å². The fourth-order valence-electron chi connectivity index (χ4n) is 1.95. The second-order valence-corrected chi connectivity index (χ2v) is 6.33. The van der Waals surface area contributed by atoms with E-state index in [1.165, 1.54) is 11.3 Å². The summed E-state index contributed by atoms with van der Waals surface area (Å²) in [6.07, 6.45) is 2.33. The first-order chi connectivity index (χ1) is 10.1. The largest absolute Gasteiger partial charge is 0.491 e. The molecule has 0 aliphatic heterocycles. The molecule has 0 unspecified atom stereocenters. The molecular weight excluding hydrogens is 284 g/mol. The Morgan fingerprint density at radius 1 is 1.33 bits per heavy atom. The van der Waals surface area contributed by atoms with Gasteiger partial charge in [-0.05, 0) is 51.0 Å². The molecule has 3 rings (SSSR count). The number of nitrogens with one attached hydrogen (secondary N) is 1. The van der Waals surface area contributed by atoms with E-state index >= 15 is 0 Å². The predicted molar refractivity (Wildman–Crippen MR) is 83.8 cm³/mol. The highest BCUT2D eigenvalue weighted by molar-refractivity contribution is 7.13. The molecule has 1 heterocycles. The van der Waals surface area contributed by atoms with E-state index in [-0.39, 0.29) is 12.0 Å². The van der Waals surface area contributed by atoms with Gasteiger partial charge in [-0.25, -0.2) is 4.98 Å².